The Balaban J connectivity index is 0.00000225. The number of carbonyl (C=O) groups excluding carboxylic acids is 1. The number of amides is 1. The number of aromatic nitrogens is 2. The van der Waals surface area contributed by atoms with Crippen molar-refractivity contribution in [3.05, 3.63) is 47.3 Å². The van der Waals surface area contributed by atoms with Crippen LogP contribution in [0.1, 0.15) is 61.6 Å². The van der Waals surface area contributed by atoms with Gasteiger partial charge < -0.3 is 10.2 Å². The summed E-state index contributed by atoms with van der Waals surface area (Å²) in [6, 6.07) is 8.94. The molecule has 0 spiro atoms. The van der Waals surface area contributed by atoms with Crippen molar-refractivity contribution in [1.29, 1.82) is 0 Å². The molecule has 6 heteroatoms. The maximum Gasteiger partial charge on any atom is 0.257 e. The van der Waals surface area contributed by atoms with Gasteiger partial charge in [-0.05, 0) is 44.9 Å². The van der Waals surface area contributed by atoms with Crippen LogP contribution < -0.4 is 5.32 Å². The van der Waals surface area contributed by atoms with Crippen LogP contribution >= 0.6 is 12.4 Å². The first-order valence-corrected chi connectivity index (χ1v) is 10.0. The first-order chi connectivity index (χ1) is 12.8. The van der Waals surface area contributed by atoms with Crippen LogP contribution in [0.15, 0.2) is 30.5 Å². The minimum absolute atomic E-state index is 0. The number of fused-ring (bicyclic) bond motifs is 2. The van der Waals surface area contributed by atoms with Crippen molar-refractivity contribution in [2.24, 2.45) is 0 Å². The molecule has 4 rings (SSSR count). The van der Waals surface area contributed by atoms with Crippen LogP contribution in [0, 0.1) is 6.92 Å². The Morgan fingerprint density at radius 1 is 1.11 bits per heavy atom. The minimum atomic E-state index is -0.190. The van der Waals surface area contributed by atoms with E-state index < -0.39 is 0 Å². The fourth-order valence-electron chi connectivity index (χ4n) is 4.37. The van der Waals surface area contributed by atoms with E-state index in [9.17, 15) is 4.79 Å². The zero-order valence-corrected chi connectivity index (χ0v) is 18.1. The molecule has 152 valence electrons. The highest BCUT2D eigenvalue weighted by Crippen LogP contribution is 2.33. The molecule has 1 aromatic carbocycles. The number of aryl methyl sites for hydroxylation is 1. The van der Waals surface area contributed by atoms with Crippen molar-refractivity contribution in [1.82, 2.24) is 20.0 Å². The molecule has 1 amide bonds. The summed E-state index contributed by atoms with van der Waals surface area (Å²) in [5.41, 5.74) is 3.65. The smallest absolute Gasteiger partial charge is 0.257 e. The molecule has 2 unspecified atom stereocenters. The third kappa shape index (κ3) is 3.83. The molecular weight excluding hydrogens is 372 g/mol. The largest absolute Gasteiger partial charge is 0.331 e. The SMILES string of the molecule is Cc1ccc(-n2cc(C(=O)N3C4CCNCC3CC4)c(C(C)(C)C)n2)cc1.Cl. The third-order valence-corrected chi connectivity index (χ3v) is 5.84. The van der Waals surface area contributed by atoms with Gasteiger partial charge in [-0.25, -0.2) is 4.68 Å². The fraction of sp³-hybridized carbons (Fsp3) is 0.545. The predicted molar refractivity (Wildman–Crippen MR) is 115 cm³/mol. The van der Waals surface area contributed by atoms with E-state index in [2.05, 4.69) is 62.2 Å². The summed E-state index contributed by atoms with van der Waals surface area (Å²) < 4.78 is 1.87. The lowest BCUT2D eigenvalue weighted by Gasteiger charge is -2.29. The van der Waals surface area contributed by atoms with E-state index in [1.165, 1.54) is 5.56 Å². The van der Waals surface area contributed by atoms with Crippen molar-refractivity contribution in [3.63, 3.8) is 0 Å². The Morgan fingerprint density at radius 2 is 1.79 bits per heavy atom. The molecule has 2 aliphatic heterocycles. The van der Waals surface area contributed by atoms with E-state index >= 15 is 0 Å². The Kier molecular flexibility index (Phi) is 5.87. The van der Waals surface area contributed by atoms with Crippen LogP contribution in [0.2, 0.25) is 0 Å². The number of hydrogen-bond acceptors (Lipinski definition) is 3. The van der Waals surface area contributed by atoms with Gasteiger partial charge in [0.1, 0.15) is 0 Å². The molecule has 0 radical (unpaired) electrons. The number of nitrogens with one attached hydrogen (secondary N) is 1. The molecular formula is C22H31ClN4O. The highest BCUT2D eigenvalue weighted by atomic mass is 35.5. The van der Waals surface area contributed by atoms with Crippen molar-refractivity contribution < 1.29 is 4.79 Å². The number of carbonyl (C=O) groups is 1. The Morgan fingerprint density at radius 3 is 2.46 bits per heavy atom. The first kappa shape index (κ1) is 20.9. The van der Waals surface area contributed by atoms with E-state index in [4.69, 9.17) is 5.10 Å². The number of benzene rings is 1. The van der Waals surface area contributed by atoms with Crippen molar-refractivity contribution in [2.45, 2.75) is 64.5 Å². The number of halogens is 1. The molecule has 2 saturated heterocycles. The lowest BCUT2D eigenvalue weighted by molar-refractivity contribution is 0.0677. The monoisotopic (exact) mass is 402 g/mol. The molecule has 3 heterocycles. The van der Waals surface area contributed by atoms with Crippen molar-refractivity contribution >= 4 is 18.3 Å². The van der Waals surface area contributed by atoms with Gasteiger partial charge in [-0.2, -0.15) is 5.10 Å². The van der Waals surface area contributed by atoms with Crippen LogP contribution in [0.4, 0.5) is 0 Å². The van der Waals surface area contributed by atoms with Gasteiger partial charge in [0.15, 0.2) is 0 Å². The Labute approximate surface area is 173 Å². The van der Waals surface area contributed by atoms with Crippen LogP contribution in [0.3, 0.4) is 0 Å². The zero-order valence-electron chi connectivity index (χ0n) is 17.2. The second kappa shape index (κ2) is 7.88. The molecule has 0 saturated carbocycles. The van der Waals surface area contributed by atoms with Crippen molar-refractivity contribution in [2.75, 3.05) is 13.1 Å². The summed E-state index contributed by atoms with van der Waals surface area (Å²) in [7, 11) is 0. The molecule has 2 atom stereocenters. The average Bonchev–Trinajstić information content (AvgIpc) is 3.15. The quantitative estimate of drug-likeness (QED) is 0.829. The molecule has 0 aliphatic carbocycles. The van der Waals surface area contributed by atoms with Crippen LogP contribution in [0.25, 0.3) is 5.69 Å². The van der Waals surface area contributed by atoms with E-state index in [1.54, 1.807) is 0 Å². The normalized spacial score (nSPS) is 21.9. The highest BCUT2D eigenvalue weighted by molar-refractivity contribution is 5.96. The van der Waals surface area contributed by atoms with Crippen LogP contribution in [-0.4, -0.2) is 45.8 Å². The molecule has 1 aromatic heterocycles. The topological polar surface area (TPSA) is 50.2 Å². The van der Waals surface area contributed by atoms with Gasteiger partial charge in [-0.15, -0.1) is 12.4 Å². The van der Waals surface area contributed by atoms with E-state index in [1.807, 2.05) is 10.9 Å². The number of nitrogens with zero attached hydrogens (tertiary/aromatic N) is 3. The Bertz CT molecular complexity index is 823. The summed E-state index contributed by atoms with van der Waals surface area (Å²) in [4.78, 5) is 15.8. The maximum atomic E-state index is 13.6. The minimum Gasteiger partial charge on any atom is -0.331 e. The van der Waals surface area contributed by atoms with Gasteiger partial charge in [-0.1, -0.05) is 38.5 Å². The molecule has 5 nitrogen and oxygen atoms in total. The molecule has 2 aliphatic rings. The molecule has 2 aromatic rings. The van der Waals surface area contributed by atoms with Gasteiger partial charge in [0.2, 0.25) is 0 Å². The van der Waals surface area contributed by atoms with Gasteiger partial charge >= 0.3 is 0 Å². The standard InChI is InChI=1S/C22H30N4O.ClH/c1-15-5-7-16(8-6-15)25-14-19(20(24-25)22(2,3)4)21(27)26-17-9-10-18(26)13-23-12-11-17;/h5-8,14,17-18,23H,9-13H2,1-4H3;1H. The van der Waals surface area contributed by atoms with Gasteiger partial charge in [0, 0.05) is 30.2 Å². The van der Waals surface area contributed by atoms with E-state index in [0.29, 0.717) is 12.1 Å². The lowest BCUT2D eigenvalue weighted by atomic mass is 9.89. The van der Waals surface area contributed by atoms with Gasteiger partial charge in [0.25, 0.3) is 5.91 Å². The fourth-order valence-corrected chi connectivity index (χ4v) is 4.37. The second-order valence-electron chi connectivity index (χ2n) is 9.01. The molecule has 2 bridgehead atoms. The van der Waals surface area contributed by atoms with Crippen LogP contribution in [-0.2, 0) is 5.41 Å². The second-order valence-corrected chi connectivity index (χ2v) is 9.01. The lowest BCUT2D eigenvalue weighted by Crippen LogP contribution is -2.43. The highest BCUT2D eigenvalue weighted by Gasteiger charge is 2.40. The van der Waals surface area contributed by atoms with E-state index in [-0.39, 0.29) is 23.7 Å². The summed E-state index contributed by atoms with van der Waals surface area (Å²) in [5.74, 6) is 0.148. The first-order valence-electron chi connectivity index (χ1n) is 10.0. The van der Waals surface area contributed by atoms with Gasteiger partial charge in [0.05, 0.1) is 16.9 Å². The summed E-state index contributed by atoms with van der Waals surface area (Å²) in [6.07, 6.45) is 5.19. The maximum absolute atomic E-state index is 13.6. The third-order valence-electron chi connectivity index (χ3n) is 5.84. The summed E-state index contributed by atoms with van der Waals surface area (Å²) in [5, 5.41) is 8.33. The zero-order chi connectivity index (χ0) is 19.2. The van der Waals surface area contributed by atoms with E-state index in [0.717, 1.165) is 49.3 Å². The average molecular weight is 403 g/mol. The Hall–Kier alpha value is -1.85. The molecule has 28 heavy (non-hydrogen) atoms. The predicted octanol–water partition coefficient (Wildman–Crippen LogP) is 3.87. The van der Waals surface area contributed by atoms with Crippen molar-refractivity contribution in [3.8, 4) is 5.69 Å². The summed E-state index contributed by atoms with van der Waals surface area (Å²) >= 11 is 0. The van der Waals surface area contributed by atoms with Gasteiger partial charge in [-0.3, -0.25) is 4.79 Å². The number of rotatable bonds is 2. The van der Waals surface area contributed by atoms with Crippen LogP contribution in [0.5, 0.6) is 0 Å². The molecule has 2 fully saturated rings. The molecule has 1 N–H and O–H groups in total. The number of hydrogen-bond donors (Lipinski definition) is 1. The summed E-state index contributed by atoms with van der Waals surface area (Å²) in [6.45, 7) is 10.4.